The lowest BCUT2D eigenvalue weighted by molar-refractivity contribution is -0.132. The molecule has 2 amide bonds. The van der Waals surface area contributed by atoms with Crippen LogP contribution in [-0.2, 0) is 20.9 Å². The first-order valence-electron chi connectivity index (χ1n) is 7.87. The number of hydrogen-bond donors (Lipinski definition) is 2. The van der Waals surface area contributed by atoms with Gasteiger partial charge in [0.1, 0.15) is 12.6 Å². The first-order valence-corrected chi connectivity index (χ1v) is 7.87. The molecule has 3 N–H and O–H groups in total. The molecule has 1 aromatic rings. The largest absolute Gasteiger partial charge is 0.368 e. The van der Waals surface area contributed by atoms with Crippen LogP contribution in [0.3, 0.4) is 0 Å². The van der Waals surface area contributed by atoms with E-state index in [0.29, 0.717) is 6.61 Å². The van der Waals surface area contributed by atoms with Gasteiger partial charge in [-0.3, -0.25) is 9.59 Å². The van der Waals surface area contributed by atoms with Crippen molar-refractivity contribution in [3.05, 3.63) is 35.9 Å². The lowest BCUT2D eigenvalue weighted by atomic mass is 9.83. The van der Waals surface area contributed by atoms with E-state index in [-0.39, 0.29) is 18.4 Å². The van der Waals surface area contributed by atoms with Gasteiger partial charge in [0, 0.05) is 0 Å². The lowest BCUT2D eigenvalue weighted by Crippen LogP contribution is -2.50. The van der Waals surface area contributed by atoms with Crippen molar-refractivity contribution in [2.75, 3.05) is 6.61 Å². The summed E-state index contributed by atoms with van der Waals surface area (Å²) in [5.74, 6) is -0.585. The molecule has 0 spiro atoms. The average Bonchev–Trinajstić information content (AvgIpc) is 2.54. The third kappa shape index (κ3) is 5.15. The second-order valence-electron chi connectivity index (χ2n) is 5.82. The topological polar surface area (TPSA) is 81.4 Å². The molecule has 0 bridgehead atoms. The highest BCUT2D eigenvalue weighted by Crippen LogP contribution is 2.26. The first-order chi connectivity index (χ1) is 10.7. The summed E-state index contributed by atoms with van der Waals surface area (Å²) >= 11 is 0. The maximum absolute atomic E-state index is 11.9. The van der Waals surface area contributed by atoms with Gasteiger partial charge in [0.2, 0.25) is 11.8 Å². The minimum Gasteiger partial charge on any atom is -0.368 e. The zero-order valence-corrected chi connectivity index (χ0v) is 12.8. The summed E-state index contributed by atoms with van der Waals surface area (Å²) in [5.41, 5.74) is 6.45. The summed E-state index contributed by atoms with van der Waals surface area (Å²) in [6.45, 7) is 0.310. The van der Waals surface area contributed by atoms with Crippen LogP contribution in [0.25, 0.3) is 0 Å². The van der Waals surface area contributed by atoms with Crippen molar-refractivity contribution < 1.29 is 14.3 Å². The zero-order chi connectivity index (χ0) is 15.8. The number of primary amides is 1. The molecular weight excluding hydrogens is 280 g/mol. The maximum Gasteiger partial charge on any atom is 0.246 e. The summed E-state index contributed by atoms with van der Waals surface area (Å²) in [7, 11) is 0. The Balaban J connectivity index is 1.77. The molecule has 1 fully saturated rings. The van der Waals surface area contributed by atoms with Crippen molar-refractivity contribution in [2.45, 2.75) is 44.8 Å². The van der Waals surface area contributed by atoms with Crippen molar-refractivity contribution >= 4 is 11.8 Å². The van der Waals surface area contributed by atoms with Gasteiger partial charge in [-0.1, -0.05) is 49.6 Å². The molecule has 1 aliphatic rings. The molecule has 1 aromatic carbocycles. The van der Waals surface area contributed by atoms with E-state index in [1.165, 1.54) is 6.42 Å². The Hall–Kier alpha value is -1.88. The van der Waals surface area contributed by atoms with E-state index in [0.717, 1.165) is 31.2 Å². The zero-order valence-electron chi connectivity index (χ0n) is 12.8. The van der Waals surface area contributed by atoms with Crippen LogP contribution in [0.4, 0.5) is 0 Å². The molecule has 22 heavy (non-hydrogen) atoms. The fraction of sp³-hybridized carbons (Fsp3) is 0.529. The van der Waals surface area contributed by atoms with Gasteiger partial charge in [0.25, 0.3) is 0 Å². The monoisotopic (exact) mass is 304 g/mol. The minimum absolute atomic E-state index is 0.0641. The van der Waals surface area contributed by atoms with Gasteiger partial charge in [-0.2, -0.15) is 0 Å². The number of carbonyl (C=O) groups is 2. The molecule has 1 aliphatic carbocycles. The number of rotatable bonds is 7. The van der Waals surface area contributed by atoms with Crippen LogP contribution in [0.2, 0.25) is 0 Å². The molecule has 0 unspecified atom stereocenters. The van der Waals surface area contributed by atoms with Crippen molar-refractivity contribution in [1.29, 1.82) is 0 Å². The highest BCUT2D eigenvalue weighted by Gasteiger charge is 2.29. The Morgan fingerprint density at radius 3 is 2.50 bits per heavy atom. The van der Waals surface area contributed by atoms with Crippen molar-refractivity contribution in [3.8, 4) is 0 Å². The van der Waals surface area contributed by atoms with E-state index in [9.17, 15) is 9.59 Å². The molecule has 0 saturated heterocycles. The van der Waals surface area contributed by atoms with Gasteiger partial charge < -0.3 is 15.8 Å². The first kappa shape index (κ1) is 16.5. The second kappa shape index (κ2) is 8.54. The van der Waals surface area contributed by atoms with E-state index in [1.807, 2.05) is 30.3 Å². The van der Waals surface area contributed by atoms with Gasteiger partial charge in [-0.15, -0.1) is 0 Å². The van der Waals surface area contributed by atoms with E-state index >= 15 is 0 Å². The molecule has 0 heterocycles. The van der Waals surface area contributed by atoms with Crippen LogP contribution in [0.5, 0.6) is 0 Å². The molecule has 5 heteroatoms. The van der Waals surface area contributed by atoms with E-state index in [1.54, 1.807) is 0 Å². The van der Waals surface area contributed by atoms with Crippen molar-refractivity contribution in [3.63, 3.8) is 0 Å². The summed E-state index contributed by atoms with van der Waals surface area (Å²) in [6.07, 6.45) is 5.26. The van der Waals surface area contributed by atoms with Gasteiger partial charge >= 0.3 is 0 Å². The van der Waals surface area contributed by atoms with Crippen LogP contribution in [-0.4, -0.2) is 24.5 Å². The third-order valence-corrected chi connectivity index (χ3v) is 4.09. The third-order valence-electron chi connectivity index (χ3n) is 4.09. The van der Waals surface area contributed by atoms with Crippen LogP contribution in [0.1, 0.15) is 37.7 Å². The summed E-state index contributed by atoms with van der Waals surface area (Å²) < 4.78 is 5.39. The van der Waals surface area contributed by atoms with Crippen LogP contribution in [0.15, 0.2) is 30.3 Å². The smallest absolute Gasteiger partial charge is 0.246 e. The molecular formula is C17H24N2O3. The van der Waals surface area contributed by atoms with E-state index < -0.39 is 11.9 Å². The second-order valence-corrected chi connectivity index (χ2v) is 5.82. The molecule has 120 valence electrons. The number of ether oxygens (including phenoxy) is 1. The van der Waals surface area contributed by atoms with Crippen LogP contribution >= 0.6 is 0 Å². The Morgan fingerprint density at radius 2 is 1.86 bits per heavy atom. The van der Waals surface area contributed by atoms with Gasteiger partial charge in [0.15, 0.2) is 0 Å². The predicted octanol–water partition coefficient (Wildman–Crippen LogP) is 1.75. The number of nitrogens with one attached hydrogen (secondary N) is 1. The van der Waals surface area contributed by atoms with Crippen LogP contribution in [0, 0.1) is 5.92 Å². The molecule has 0 radical (unpaired) electrons. The molecule has 5 nitrogen and oxygen atoms in total. The summed E-state index contributed by atoms with van der Waals surface area (Å²) in [4.78, 5) is 23.5. The summed E-state index contributed by atoms with van der Waals surface area (Å²) in [5, 5.41) is 2.73. The van der Waals surface area contributed by atoms with Crippen molar-refractivity contribution in [1.82, 2.24) is 5.32 Å². The Labute approximate surface area is 131 Å². The van der Waals surface area contributed by atoms with Gasteiger partial charge in [0.05, 0.1) is 6.61 Å². The highest BCUT2D eigenvalue weighted by atomic mass is 16.5. The predicted molar refractivity (Wildman–Crippen MR) is 83.8 cm³/mol. The molecule has 1 saturated carbocycles. The SMILES string of the molecule is NC(=O)[C@H](NC(=O)COCc1ccccc1)C1CCCCC1. The highest BCUT2D eigenvalue weighted by molar-refractivity contribution is 5.87. The molecule has 0 aromatic heterocycles. The van der Waals surface area contributed by atoms with E-state index in [4.69, 9.17) is 10.5 Å². The normalized spacial score (nSPS) is 16.9. The quantitative estimate of drug-likeness (QED) is 0.805. The number of carbonyl (C=O) groups excluding carboxylic acids is 2. The number of amides is 2. The molecule has 1 atom stereocenters. The Kier molecular flexibility index (Phi) is 6.40. The Morgan fingerprint density at radius 1 is 1.18 bits per heavy atom. The average molecular weight is 304 g/mol. The van der Waals surface area contributed by atoms with Crippen molar-refractivity contribution in [2.24, 2.45) is 11.7 Å². The van der Waals surface area contributed by atoms with Crippen LogP contribution < -0.4 is 11.1 Å². The van der Waals surface area contributed by atoms with E-state index in [2.05, 4.69) is 5.32 Å². The number of hydrogen-bond acceptors (Lipinski definition) is 3. The molecule has 2 rings (SSSR count). The number of nitrogens with two attached hydrogens (primary N) is 1. The minimum atomic E-state index is -0.576. The number of benzene rings is 1. The standard InChI is InChI=1S/C17H24N2O3/c18-17(21)16(14-9-5-2-6-10-14)19-15(20)12-22-11-13-7-3-1-4-8-13/h1,3-4,7-8,14,16H,2,5-6,9-12H2,(H2,18,21)(H,19,20)/t16-/m1/s1. The van der Waals surface area contributed by atoms with Gasteiger partial charge in [-0.05, 0) is 24.3 Å². The summed E-state index contributed by atoms with van der Waals surface area (Å²) in [6, 6.07) is 9.07. The fourth-order valence-corrected chi connectivity index (χ4v) is 2.94. The maximum atomic E-state index is 11.9. The Bertz CT molecular complexity index is 484. The van der Waals surface area contributed by atoms with Gasteiger partial charge in [-0.25, -0.2) is 0 Å². The lowest BCUT2D eigenvalue weighted by Gasteiger charge is -2.28. The fourth-order valence-electron chi connectivity index (χ4n) is 2.94. The molecule has 0 aliphatic heterocycles.